The fraction of sp³-hybridized carbons (Fsp3) is 0.312. The number of aromatic nitrogens is 1. The van der Waals surface area contributed by atoms with Crippen LogP contribution in [-0.4, -0.2) is 22.7 Å². The Hall–Kier alpha value is -1.42. The van der Waals surface area contributed by atoms with Gasteiger partial charge in [-0.1, -0.05) is 36.7 Å². The molecule has 2 aromatic rings. The molecule has 0 fully saturated rings. The Kier molecular flexibility index (Phi) is 5.53. The summed E-state index contributed by atoms with van der Waals surface area (Å²) < 4.78 is 0. The molecule has 0 aliphatic heterocycles. The summed E-state index contributed by atoms with van der Waals surface area (Å²) in [5.74, 6) is 0. The molecule has 4 heteroatoms. The maximum absolute atomic E-state index is 9.75. The second-order valence-corrected chi connectivity index (χ2v) is 5.15. The van der Waals surface area contributed by atoms with Gasteiger partial charge < -0.3 is 10.4 Å². The van der Waals surface area contributed by atoms with Crippen molar-refractivity contribution < 1.29 is 5.11 Å². The fourth-order valence-electron chi connectivity index (χ4n) is 2.02. The maximum Gasteiger partial charge on any atom is 0.0752 e. The van der Waals surface area contributed by atoms with Gasteiger partial charge in [-0.15, -0.1) is 0 Å². The molecule has 1 heterocycles. The minimum absolute atomic E-state index is 0.0731. The van der Waals surface area contributed by atoms with Crippen LogP contribution >= 0.6 is 11.6 Å². The molecular formula is C16H19ClN2O. The number of aliphatic hydroxyl groups excluding tert-OH is 1. The van der Waals surface area contributed by atoms with Gasteiger partial charge >= 0.3 is 0 Å². The lowest BCUT2D eigenvalue weighted by Crippen LogP contribution is -2.31. The van der Waals surface area contributed by atoms with Crippen LogP contribution < -0.4 is 5.32 Å². The first-order valence-corrected chi connectivity index (χ1v) is 7.16. The summed E-state index contributed by atoms with van der Waals surface area (Å²) in [4.78, 5) is 4.40. The summed E-state index contributed by atoms with van der Waals surface area (Å²) in [7, 11) is 0. The average molecular weight is 291 g/mol. The van der Waals surface area contributed by atoms with Gasteiger partial charge in [-0.3, -0.25) is 4.98 Å². The van der Waals surface area contributed by atoms with Crippen LogP contribution in [0.1, 0.15) is 30.6 Å². The molecule has 0 saturated carbocycles. The van der Waals surface area contributed by atoms with Crippen LogP contribution in [0.4, 0.5) is 0 Å². The van der Waals surface area contributed by atoms with E-state index in [4.69, 9.17) is 11.6 Å². The van der Waals surface area contributed by atoms with Gasteiger partial charge in [0.15, 0.2) is 0 Å². The van der Waals surface area contributed by atoms with Crippen molar-refractivity contribution in [3.05, 3.63) is 64.9 Å². The van der Waals surface area contributed by atoms with Crippen LogP contribution in [0, 0.1) is 0 Å². The number of hydrogen-bond donors (Lipinski definition) is 2. The van der Waals surface area contributed by atoms with Crippen LogP contribution in [0.25, 0.3) is 0 Å². The molecule has 2 rings (SSSR count). The lowest BCUT2D eigenvalue weighted by atomic mass is 10.0. The van der Waals surface area contributed by atoms with Gasteiger partial charge in [0, 0.05) is 17.8 Å². The number of rotatable bonds is 6. The van der Waals surface area contributed by atoms with Gasteiger partial charge in [-0.25, -0.2) is 0 Å². The van der Waals surface area contributed by atoms with Gasteiger partial charge in [0.25, 0.3) is 0 Å². The van der Waals surface area contributed by atoms with Crippen molar-refractivity contribution in [3.8, 4) is 0 Å². The number of nitrogens with zero attached hydrogens (tertiary/aromatic N) is 1. The average Bonchev–Trinajstić information content (AvgIpc) is 2.48. The first-order chi connectivity index (χ1) is 9.70. The fourth-order valence-corrected chi connectivity index (χ4v) is 2.22. The highest BCUT2D eigenvalue weighted by molar-refractivity contribution is 6.30. The van der Waals surface area contributed by atoms with E-state index in [2.05, 4.69) is 10.3 Å². The van der Waals surface area contributed by atoms with Crippen LogP contribution in [0.15, 0.2) is 48.7 Å². The highest BCUT2D eigenvalue weighted by atomic mass is 35.5. The van der Waals surface area contributed by atoms with Gasteiger partial charge in [-0.05, 0) is 36.2 Å². The van der Waals surface area contributed by atoms with Crippen LogP contribution in [0.2, 0.25) is 5.02 Å². The third kappa shape index (κ3) is 4.04. The van der Waals surface area contributed by atoms with Crippen LogP contribution in [-0.2, 0) is 0 Å². The number of halogens is 1. The highest BCUT2D eigenvalue weighted by Gasteiger charge is 2.16. The van der Waals surface area contributed by atoms with Crippen molar-refractivity contribution in [2.24, 2.45) is 0 Å². The van der Waals surface area contributed by atoms with E-state index in [1.165, 1.54) is 0 Å². The van der Waals surface area contributed by atoms with E-state index in [1.807, 2.05) is 49.4 Å². The zero-order valence-corrected chi connectivity index (χ0v) is 12.2. The quantitative estimate of drug-likeness (QED) is 0.859. The Balaban J connectivity index is 2.24. The monoisotopic (exact) mass is 290 g/mol. The van der Waals surface area contributed by atoms with Crippen molar-refractivity contribution in [2.45, 2.75) is 25.5 Å². The minimum Gasteiger partial charge on any atom is -0.392 e. The molecular weight excluding hydrogens is 272 g/mol. The summed E-state index contributed by atoms with van der Waals surface area (Å²) in [5.41, 5.74) is 1.96. The van der Waals surface area contributed by atoms with E-state index in [1.54, 1.807) is 6.20 Å². The van der Waals surface area contributed by atoms with Crippen LogP contribution in [0.5, 0.6) is 0 Å². The van der Waals surface area contributed by atoms with Crippen molar-refractivity contribution in [3.63, 3.8) is 0 Å². The standard InChI is InChI=1S/C16H19ClN2O/c1-2-14(20)11-19-16(15-8-3-4-9-18-15)12-6-5-7-13(17)10-12/h3-10,14,16,19-20H,2,11H2,1H3/t14-,16?/m1/s1. The lowest BCUT2D eigenvalue weighted by Gasteiger charge is -2.20. The number of nitrogens with one attached hydrogen (secondary N) is 1. The Labute approximate surface area is 124 Å². The first-order valence-electron chi connectivity index (χ1n) is 6.78. The Morgan fingerprint density at radius 3 is 2.75 bits per heavy atom. The van der Waals surface area contributed by atoms with Gasteiger partial charge in [0.05, 0.1) is 17.8 Å². The molecule has 1 aromatic carbocycles. The molecule has 1 unspecified atom stereocenters. The third-order valence-electron chi connectivity index (χ3n) is 3.19. The van der Waals surface area contributed by atoms with Crippen molar-refractivity contribution >= 4 is 11.6 Å². The first kappa shape index (κ1) is 15.0. The van der Waals surface area contributed by atoms with E-state index in [0.29, 0.717) is 11.6 Å². The molecule has 0 amide bonds. The summed E-state index contributed by atoms with van der Waals surface area (Å²) >= 11 is 6.07. The predicted octanol–water partition coefficient (Wildman–Crippen LogP) is 3.18. The molecule has 3 nitrogen and oxygen atoms in total. The molecule has 0 aliphatic rings. The molecule has 1 aromatic heterocycles. The number of aliphatic hydroxyl groups is 1. The van der Waals surface area contributed by atoms with Crippen LogP contribution in [0.3, 0.4) is 0 Å². The second kappa shape index (κ2) is 7.39. The number of hydrogen-bond acceptors (Lipinski definition) is 3. The Morgan fingerprint density at radius 1 is 1.25 bits per heavy atom. The Morgan fingerprint density at radius 2 is 2.10 bits per heavy atom. The molecule has 0 bridgehead atoms. The molecule has 0 spiro atoms. The van der Waals surface area contributed by atoms with Crippen molar-refractivity contribution in [2.75, 3.05) is 6.54 Å². The van der Waals surface area contributed by atoms with Gasteiger partial charge in [0.2, 0.25) is 0 Å². The molecule has 106 valence electrons. The second-order valence-electron chi connectivity index (χ2n) is 4.71. The molecule has 0 radical (unpaired) electrons. The number of benzene rings is 1. The minimum atomic E-state index is -0.361. The van der Waals surface area contributed by atoms with Gasteiger partial charge in [0.1, 0.15) is 0 Å². The summed E-state index contributed by atoms with van der Waals surface area (Å²) in [6.45, 7) is 2.48. The topological polar surface area (TPSA) is 45.1 Å². The summed E-state index contributed by atoms with van der Waals surface area (Å²) in [6.07, 6.45) is 2.13. The molecule has 2 N–H and O–H groups in total. The zero-order chi connectivity index (χ0) is 14.4. The van der Waals surface area contributed by atoms with Gasteiger partial charge in [-0.2, -0.15) is 0 Å². The maximum atomic E-state index is 9.75. The van der Waals surface area contributed by atoms with E-state index < -0.39 is 0 Å². The Bertz CT molecular complexity index is 533. The molecule has 0 saturated heterocycles. The van der Waals surface area contributed by atoms with E-state index in [0.717, 1.165) is 17.7 Å². The molecule has 20 heavy (non-hydrogen) atoms. The summed E-state index contributed by atoms with van der Waals surface area (Å²) in [5, 5.41) is 13.8. The van der Waals surface area contributed by atoms with E-state index in [9.17, 15) is 5.11 Å². The van der Waals surface area contributed by atoms with Crippen molar-refractivity contribution in [1.29, 1.82) is 0 Å². The highest BCUT2D eigenvalue weighted by Crippen LogP contribution is 2.23. The lowest BCUT2D eigenvalue weighted by molar-refractivity contribution is 0.164. The molecule has 0 aliphatic carbocycles. The zero-order valence-electron chi connectivity index (χ0n) is 11.5. The normalized spacial score (nSPS) is 13.9. The third-order valence-corrected chi connectivity index (χ3v) is 3.43. The SMILES string of the molecule is CC[C@@H](O)CNC(c1cccc(Cl)c1)c1ccccn1. The van der Waals surface area contributed by atoms with E-state index >= 15 is 0 Å². The van der Waals surface area contributed by atoms with E-state index in [-0.39, 0.29) is 12.1 Å². The number of pyridine rings is 1. The molecule has 2 atom stereocenters. The smallest absolute Gasteiger partial charge is 0.0752 e. The predicted molar refractivity (Wildman–Crippen MR) is 81.8 cm³/mol. The summed E-state index contributed by atoms with van der Waals surface area (Å²) in [6, 6.07) is 13.4. The largest absolute Gasteiger partial charge is 0.392 e. The van der Waals surface area contributed by atoms with Crippen molar-refractivity contribution in [1.82, 2.24) is 10.3 Å².